The molecule has 0 unspecified atom stereocenters. The van der Waals surface area contributed by atoms with E-state index in [1.54, 1.807) is 0 Å². The van der Waals surface area contributed by atoms with E-state index in [2.05, 4.69) is 11.9 Å². The SMILES string of the molecule is C=CCOC(=O)NCC(CCC)(CCC)C(=O)O. The smallest absolute Gasteiger partial charge is 0.407 e. The Balaban J connectivity index is 4.52. The number of amides is 1. The summed E-state index contributed by atoms with van der Waals surface area (Å²) in [5.41, 5.74) is -0.892. The van der Waals surface area contributed by atoms with Gasteiger partial charge >= 0.3 is 12.1 Å². The van der Waals surface area contributed by atoms with E-state index in [1.165, 1.54) is 6.08 Å². The number of hydrogen-bond acceptors (Lipinski definition) is 3. The predicted molar refractivity (Wildman–Crippen MR) is 69.4 cm³/mol. The minimum atomic E-state index is -0.892. The largest absolute Gasteiger partial charge is 0.481 e. The fourth-order valence-corrected chi connectivity index (χ4v) is 1.98. The number of carboxylic acid groups (broad SMARTS) is 1. The van der Waals surface area contributed by atoms with Crippen LogP contribution in [-0.2, 0) is 9.53 Å². The molecular weight excluding hydrogens is 234 g/mol. The molecule has 18 heavy (non-hydrogen) atoms. The van der Waals surface area contributed by atoms with E-state index in [0.717, 1.165) is 12.8 Å². The lowest BCUT2D eigenvalue weighted by Gasteiger charge is -2.28. The van der Waals surface area contributed by atoms with Crippen LogP contribution in [0.1, 0.15) is 39.5 Å². The number of alkyl carbamates (subject to hydrolysis) is 1. The first-order valence-corrected chi connectivity index (χ1v) is 6.27. The summed E-state index contributed by atoms with van der Waals surface area (Å²) in [6.07, 6.45) is 3.45. The molecule has 0 atom stereocenters. The van der Waals surface area contributed by atoms with Gasteiger partial charge in [-0.3, -0.25) is 4.79 Å². The molecule has 0 aromatic rings. The summed E-state index contributed by atoms with van der Waals surface area (Å²) in [7, 11) is 0. The second kappa shape index (κ2) is 8.55. The van der Waals surface area contributed by atoms with Crippen molar-refractivity contribution in [1.29, 1.82) is 0 Å². The Morgan fingerprint density at radius 1 is 1.33 bits per heavy atom. The summed E-state index contributed by atoms with van der Waals surface area (Å²) in [6, 6.07) is 0. The van der Waals surface area contributed by atoms with Gasteiger partial charge in [-0.25, -0.2) is 4.79 Å². The van der Waals surface area contributed by atoms with Crippen molar-refractivity contribution in [2.45, 2.75) is 39.5 Å². The van der Waals surface area contributed by atoms with Gasteiger partial charge in [0.25, 0.3) is 0 Å². The van der Waals surface area contributed by atoms with E-state index in [1.807, 2.05) is 13.8 Å². The van der Waals surface area contributed by atoms with Crippen LogP contribution in [0.2, 0.25) is 0 Å². The predicted octanol–water partition coefficient (Wildman–Crippen LogP) is 2.57. The number of rotatable bonds is 9. The molecule has 2 N–H and O–H groups in total. The molecule has 1 amide bonds. The average molecular weight is 257 g/mol. The first kappa shape index (κ1) is 16.5. The lowest BCUT2D eigenvalue weighted by molar-refractivity contribution is -0.149. The van der Waals surface area contributed by atoms with E-state index in [9.17, 15) is 14.7 Å². The zero-order valence-corrected chi connectivity index (χ0v) is 11.2. The zero-order valence-electron chi connectivity index (χ0n) is 11.2. The molecule has 5 heteroatoms. The molecule has 0 aromatic heterocycles. The molecule has 0 rings (SSSR count). The van der Waals surface area contributed by atoms with Gasteiger partial charge in [0.1, 0.15) is 6.61 Å². The summed E-state index contributed by atoms with van der Waals surface area (Å²) in [5, 5.41) is 11.9. The van der Waals surface area contributed by atoms with Crippen LogP contribution in [0.3, 0.4) is 0 Å². The van der Waals surface area contributed by atoms with E-state index in [0.29, 0.717) is 12.8 Å². The first-order chi connectivity index (χ1) is 8.52. The standard InChI is InChI=1S/C13H23NO4/c1-4-7-13(8-5-2,11(15)16)10-14-12(17)18-9-6-3/h6H,3-5,7-10H2,1-2H3,(H,14,17)(H,15,16). The van der Waals surface area contributed by atoms with Gasteiger partial charge in [0.2, 0.25) is 0 Å². The fourth-order valence-electron chi connectivity index (χ4n) is 1.98. The zero-order chi connectivity index (χ0) is 14.0. The van der Waals surface area contributed by atoms with Gasteiger partial charge in [0.05, 0.1) is 5.41 Å². The van der Waals surface area contributed by atoms with Crippen LogP contribution >= 0.6 is 0 Å². The Kier molecular flexibility index (Phi) is 7.83. The number of ether oxygens (including phenoxy) is 1. The Bertz CT molecular complexity index is 283. The highest BCUT2D eigenvalue weighted by Gasteiger charge is 2.37. The minimum absolute atomic E-state index is 0.0972. The number of aliphatic carboxylic acids is 1. The van der Waals surface area contributed by atoms with E-state index in [4.69, 9.17) is 4.74 Å². The average Bonchev–Trinajstić information content (AvgIpc) is 2.33. The number of carbonyl (C=O) groups is 2. The van der Waals surface area contributed by atoms with Gasteiger partial charge in [-0.2, -0.15) is 0 Å². The molecule has 0 aliphatic heterocycles. The lowest BCUT2D eigenvalue weighted by Crippen LogP contribution is -2.43. The van der Waals surface area contributed by atoms with Crippen LogP contribution in [0.25, 0.3) is 0 Å². The van der Waals surface area contributed by atoms with Gasteiger partial charge in [-0.05, 0) is 12.8 Å². The second-order valence-corrected chi connectivity index (χ2v) is 4.33. The van der Waals surface area contributed by atoms with E-state index in [-0.39, 0.29) is 13.2 Å². The maximum atomic E-state index is 11.4. The Morgan fingerprint density at radius 2 is 1.89 bits per heavy atom. The Labute approximate surface area is 108 Å². The van der Waals surface area contributed by atoms with Crippen LogP contribution < -0.4 is 5.32 Å². The van der Waals surface area contributed by atoms with Crippen molar-refractivity contribution < 1.29 is 19.4 Å². The normalized spacial score (nSPS) is 10.8. The van der Waals surface area contributed by atoms with Crippen molar-refractivity contribution in [3.8, 4) is 0 Å². The molecule has 0 fully saturated rings. The second-order valence-electron chi connectivity index (χ2n) is 4.33. The fraction of sp³-hybridized carbons (Fsp3) is 0.692. The number of hydrogen-bond donors (Lipinski definition) is 2. The molecule has 104 valence electrons. The first-order valence-electron chi connectivity index (χ1n) is 6.27. The molecule has 0 aromatic carbocycles. The number of carboxylic acids is 1. The van der Waals surface area contributed by atoms with Crippen LogP contribution in [0.5, 0.6) is 0 Å². The summed E-state index contributed by atoms with van der Waals surface area (Å²) in [4.78, 5) is 22.7. The third-order valence-electron chi connectivity index (χ3n) is 2.81. The summed E-state index contributed by atoms with van der Waals surface area (Å²) < 4.78 is 4.76. The lowest BCUT2D eigenvalue weighted by atomic mass is 9.79. The highest BCUT2D eigenvalue weighted by Crippen LogP contribution is 2.29. The highest BCUT2D eigenvalue weighted by molar-refractivity contribution is 5.76. The maximum Gasteiger partial charge on any atom is 0.407 e. The molecule has 0 heterocycles. The maximum absolute atomic E-state index is 11.4. The van der Waals surface area contributed by atoms with Crippen molar-refractivity contribution in [2.24, 2.45) is 5.41 Å². The monoisotopic (exact) mass is 257 g/mol. The molecule has 0 saturated heterocycles. The van der Waals surface area contributed by atoms with Crippen molar-refractivity contribution in [3.05, 3.63) is 12.7 Å². The van der Waals surface area contributed by atoms with Crippen LogP contribution in [0.4, 0.5) is 4.79 Å². The van der Waals surface area contributed by atoms with Gasteiger partial charge in [0, 0.05) is 6.54 Å². The number of carbonyl (C=O) groups excluding carboxylic acids is 1. The molecule has 0 radical (unpaired) electrons. The van der Waals surface area contributed by atoms with Crippen molar-refractivity contribution in [1.82, 2.24) is 5.32 Å². The minimum Gasteiger partial charge on any atom is -0.481 e. The molecule has 5 nitrogen and oxygen atoms in total. The molecule has 0 aliphatic rings. The molecule has 0 bridgehead atoms. The summed E-state index contributed by atoms with van der Waals surface area (Å²) in [5.74, 6) is -0.866. The van der Waals surface area contributed by atoms with Gasteiger partial charge in [0.15, 0.2) is 0 Å². The molecule has 0 spiro atoms. The van der Waals surface area contributed by atoms with E-state index < -0.39 is 17.5 Å². The van der Waals surface area contributed by atoms with Crippen LogP contribution in [0, 0.1) is 5.41 Å². The van der Waals surface area contributed by atoms with Gasteiger partial charge in [-0.15, -0.1) is 0 Å². The van der Waals surface area contributed by atoms with E-state index >= 15 is 0 Å². The van der Waals surface area contributed by atoms with Crippen molar-refractivity contribution in [3.63, 3.8) is 0 Å². The van der Waals surface area contributed by atoms with Crippen LogP contribution in [0.15, 0.2) is 12.7 Å². The third-order valence-corrected chi connectivity index (χ3v) is 2.81. The third kappa shape index (κ3) is 5.21. The molecule has 0 aliphatic carbocycles. The quantitative estimate of drug-likeness (QED) is 0.622. The van der Waals surface area contributed by atoms with Crippen molar-refractivity contribution in [2.75, 3.05) is 13.2 Å². The number of nitrogens with one attached hydrogen (secondary N) is 1. The van der Waals surface area contributed by atoms with Crippen LogP contribution in [-0.4, -0.2) is 30.3 Å². The van der Waals surface area contributed by atoms with Gasteiger partial charge < -0.3 is 15.2 Å². The topological polar surface area (TPSA) is 75.6 Å². The highest BCUT2D eigenvalue weighted by atomic mass is 16.5. The molecule has 0 saturated carbocycles. The Morgan fingerprint density at radius 3 is 2.28 bits per heavy atom. The summed E-state index contributed by atoms with van der Waals surface area (Å²) >= 11 is 0. The summed E-state index contributed by atoms with van der Waals surface area (Å²) in [6.45, 7) is 7.51. The molecular formula is C13H23NO4. The Hall–Kier alpha value is -1.52. The van der Waals surface area contributed by atoms with Crippen molar-refractivity contribution >= 4 is 12.1 Å². The van der Waals surface area contributed by atoms with Gasteiger partial charge in [-0.1, -0.05) is 39.3 Å².